The number of hydrogen-bond donors (Lipinski definition) is 0. The molecule has 0 saturated carbocycles. The van der Waals surface area contributed by atoms with Gasteiger partial charge in [-0.05, 0) is 77.9 Å². The zero-order valence-electron chi connectivity index (χ0n) is 24.3. The summed E-state index contributed by atoms with van der Waals surface area (Å²) in [4.78, 5) is 0. The summed E-state index contributed by atoms with van der Waals surface area (Å²) in [5.74, 6) is 0. The van der Waals surface area contributed by atoms with Gasteiger partial charge in [-0.25, -0.2) is 0 Å². The Morgan fingerprint density at radius 1 is 0.311 bits per heavy atom. The maximum atomic E-state index is 2.43. The lowest BCUT2D eigenvalue weighted by molar-refractivity contribution is 1.18. The molecule has 10 aromatic rings. The number of benzene rings is 7. The first-order chi connectivity index (χ1) is 22.3. The number of thiophene rings is 1. The van der Waals surface area contributed by atoms with Gasteiger partial charge in [0.25, 0.3) is 0 Å². The molecule has 210 valence electrons. The summed E-state index contributed by atoms with van der Waals surface area (Å²) in [5.41, 5.74) is 9.72. The number of rotatable bonds is 3. The van der Waals surface area contributed by atoms with E-state index in [2.05, 4.69) is 167 Å². The second kappa shape index (κ2) is 9.43. The second-order valence-corrected chi connectivity index (χ2v) is 12.9. The lowest BCUT2D eigenvalue weighted by Gasteiger charge is -2.10. The van der Waals surface area contributed by atoms with Crippen molar-refractivity contribution in [3.8, 4) is 22.5 Å². The molecule has 45 heavy (non-hydrogen) atoms. The molecule has 0 fully saturated rings. The van der Waals surface area contributed by atoms with Crippen LogP contribution in [0.2, 0.25) is 0 Å². The highest BCUT2D eigenvalue weighted by atomic mass is 32.1. The predicted molar refractivity (Wildman–Crippen MR) is 193 cm³/mol. The smallest absolute Gasteiger partial charge is 0.0555 e. The van der Waals surface area contributed by atoms with Gasteiger partial charge in [-0.1, -0.05) is 91.0 Å². The number of nitrogens with zero attached hydrogens (tertiary/aromatic N) is 2. The SMILES string of the molecule is c1ccc(-n2c3ccccc3c3cc(-c4ccc(-n5c6ccccc6c6cc7c(cc65)sc5ccccc57)cc4)ccc32)cc1. The summed E-state index contributed by atoms with van der Waals surface area (Å²) < 4.78 is 7.46. The Morgan fingerprint density at radius 2 is 0.867 bits per heavy atom. The van der Waals surface area contributed by atoms with E-state index in [1.54, 1.807) is 0 Å². The number of hydrogen-bond acceptors (Lipinski definition) is 1. The molecule has 3 heteroatoms. The molecule has 0 atom stereocenters. The highest BCUT2D eigenvalue weighted by Crippen LogP contribution is 2.41. The molecule has 0 saturated heterocycles. The van der Waals surface area contributed by atoms with Crippen LogP contribution in [0.4, 0.5) is 0 Å². The standard InChI is InChI=1S/C42H26N2S/c1-2-10-29(11-3-1)43-37-15-7-4-12-31(37)34-24-28(20-23-39(34)43)27-18-21-30(22-19-27)44-38-16-8-5-13-32(38)35-25-36-33-14-6-9-17-41(33)45-42(36)26-40(35)44/h1-26H. The van der Waals surface area contributed by atoms with Crippen LogP contribution in [0, 0.1) is 0 Å². The van der Waals surface area contributed by atoms with Crippen molar-refractivity contribution in [3.05, 3.63) is 158 Å². The van der Waals surface area contributed by atoms with E-state index >= 15 is 0 Å². The molecule has 0 spiro atoms. The Morgan fingerprint density at radius 3 is 1.62 bits per heavy atom. The Labute approximate surface area is 263 Å². The Bertz CT molecular complexity index is 2740. The zero-order valence-corrected chi connectivity index (χ0v) is 25.1. The molecular weight excluding hydrogens is 565 g/mol. The van der Waals surface area contributed by atoms with Gasteiger partial charge in [0.15, 0.2) is 0 Å². The van der Waals surface area contributed by atoms with E-state index in [1.165, 1.54) is 86.3 Å². The molecule has 0 aliphatic carbocycles. The highest BCUT2D eigenvalue weighted by molar-refractivity contribution is 7.25. The van der Waals surface area contributed by atoms with Gasteiger partial charge in [0.2, 0.25) is 0 Å². The van der Waals surface area contributed by atoms with Crippen LogP contribution in [0.15, 0.2) is 158 Å². The van der Waals surface area contributed by atoms with Crippen molar-refractivity contribution in [1.82, 2.24) is 9.13 Å². The summed E-state index contributed by atoms with van der Waals surface area (Å²) in [6, 6.07) is 57.6. The lowest BCUT2D eigenvalue weighted by Crippen LogP contribution is -1.94. The molecule has 10 rings (SSSR count). The molecule has 7 aromatic carbocycles. The fourth-order valence-electron chi connectivity index (χ4n) is 7.28. The predicted octanol–water partition coefficient (Wildman–Crippen LogP) is 11.9. The first kappa shape index (κ1) is 24.8. The van der Waals surface area contributed by atoms with Crippen molar-refractivity contribution in [2.24, 2.45) is 0 Å². The van der Waals surface area contributed by atoms with Crippen LogP contribution in [0.5, 0.6) is 0 Å². The lowest BCUT2D eigenvalue weighted by atomic mass is 10.0. The molecule has 3 aromatic heterocycles. The van der Waals surface area contributed by atoms with E-state index in [0.717, 1.165) is 0 Å². The Kier molecular flexibility index (Phi) is 5.19. The average Bonchev–Trinajstić information content (AvgIpc) is 3.74. The summed E-state index contributed by atoms with van der Waals surface area (Å²) in [6.07, 6.45) is 0. The molecule has 0 radical (unpaired) electrons. The molecule has 0 aliphatic heterocycles. The van der Waals surface area contributed by atoms with Gasteiger partial charge >= 0.3 is 0 Å². The minimum atomic E-state index is 1.17. The first-order valence-corrected chi connectivity index (χ1v) is 16.2. The number of aromatic nitrogens is 2. The molecule has 0 bridgehead atoms. The molecule has 0 aliphatic rings. The van der Waals surface area contributed by atoms with Crippen molar-refractivity contribution in [2.75, 3.05) is 0 Å². The third-order valence-electron chi connectivity index (χ3n) is 9.32. The van der Waals surface area contributed by atoms with Crippen molar-refractivity contribution in [1.29, 1.82) is 0 Å². The van der Waals surface area contributed by atoms with Crippen LogP contribution >= 0.6 is 11.3 Å². The number of para-hydroxylation sites is 3. The minimum absolute atomic E-state index is 1.17. The van der Waals surface area contributed by atoms with Crippen molar-refractivity contribution < 1.29 is 0 Å². The van der Waals surface area contributed by atoms with E-state index in [9.17, 15) is 0 Å². The van der Waals surface area contributed by atoms with Gasteiger partial charge in [0, 0.05) is 53.1 Å². The third-order valence-corrected chi connectivity index (χ3v) is 10.5. The van der Waals surface area contributed by atoms with Crippen LogP contribution in [0.25, 0.3) is 86.3 Å². The van der Waals surface area contributed by atoms with Crippen molar-refractivity contribution >= 4 is 75.1 Å². The minimum Gasteiger partial charge on any atom is -0.309 e. The fourth-order valence-corrected chi connectivity index (χ4v) is 8.40. The van der Waals surface area contributed by atoms with Crippen molar-refractivity contribution in [3.63, 3.8) is 0 Å². The second-order valence-electron chi connectivity index (χ2n) is 11.8. The van der Waals surface area contributed by atoms with Gasteiger partial charge in [-0.15, -0.1) is 11.3 Å². The van der Waals surface area contributed by atoms with E-state index < -0.39 is 0 Å². The molecule has 0 amide bonds. The van der Waals surface area contributed by atoms with Gasteiger partial charge in [0.05, 0.1) is 22.1 Å². The van der Waals surface area contributed by atoms with Gasteiger partial charge in [0.1, 0.15) is 0 Å². The molecule has 0 unspecified atom stereocenters. The summed E-state index contributed by atoms with van der Waals surface area (Å²) in [5, 5.41) is 7.80. The molecule has 2 nitrogen and oxygen atoms in total. The van der Waals surface area contributed by atoms with Gasteiger partial charge in [-0.3, -0.25) is 0 Å². The first-order valence-electron chi connectivity index (χ1n) is 15.4. The molecule has 0 N–H and O–H groups in total. The van der Waals surface area contributed by atoms with Crippen LogP contribution in [-0.4, -0.2) is 9.13 Å². The quantitative estimate of drug-likeness (QED) is 0.194. The van der Waals surface area contributed by atoms with E-state index in [4.69, 9.17) is 0 Å². The van der Waals surface area contributed by atoms with Crippen LogP contribution in [0.3, 0.4) is 0 Å². The Hall–Kier alpha value is -5.64. The monoisotopic (exact) mass is 590 g/mol. The summed E-state index contributed by atoms with van der Waals surface area (Å²) in [6.45, 7) is 0. The fraction of sp³-hybridized carbons (Fsp3) is 0. The summed E-state index contributed by atoms with van der Waals surface area (Å²) >= 11 is 1.88. The highest BCUT2D eigenvalue weighted by Gasteiger charge is 2.16. The average molecular weight is 591 g/mol. The Balaban J connectivity index is 1.13. The maximum Gasteiger partial charge on any atom is 0.0555 e. The topological polar surface area (TPSA) is 9.86 Å². The molecule has 3 heterocycles. The zero-order chi connectivity index (χ0) is 29.5. The van der Waals surface area contributed by atoms with Gasteiger partial charge < -0.3 is 9.13 Å². The summed E-state index contributed by atoms with van der Waals surface area (Å²) in [7, 11) is 0. The number of fused-ring (bicyclic) bond motifs is 9. The van der Waals surface area contributed by atoms with E-state index in [1.807, 2.05) is 11.3 Å². The van der Waals surface area contributed by atoms with E-state index in [0.29, 0.717) is 0 Å². The largest absolute Gasteiger partial charge is 0.309 e. The third kappa shape index (κ3) is 3.62. The van der Waals surface area contributed by atoms with Gasteiger partial charge in [-0.2, -0.15) is 0 Å². The van der Waals surface area contributed by atoms with Crippen LogP contribution in [-0.2, 0) is 0 Å². The van der Waals surface area contributed by atoms with Crippen LogP contribution < -0.4 is 0 Å². The maximum absolute atomic E-state index is 2.43. The van der Waals surface area contributed by atoms with Crippen LogP contribution in [0.1, 0.15) is 0 Å². The normalized spacial score (nSPS) is 12.0. The van der Waals surface area contributed by atoms with E-state index in [-0.39, 0.29) is 0 Å². The molecular formula is C42H26N2S. The van der Waals surface area contributed by atoms with Crippen molar-refractivity contribution in [2.45, 2.75) is 0 Å².